The van der Waals surface area contributed by atoms with Crippen molar-refractivity contribution in [3.63, 3.8) is 0 Å². The van der Waals surface area contributed by atoms with Crippen LogP contribution in [0.2, 0.25) is 0 Å². The molecular weight excluding hydrogens is 252 g/mol. The minimum atomic E-state index is -0.579. The third-order valence-electron chi connectivity index (χ3n) is 3.46. The van der Waals surface area contributed by atoms with E-state index in [4.69, 9.17) is 18.0 Å². The average Bonchev–Trinajstić information content (AvgIpc) is 2.55. The van der Waals surface area contributed by atoms with Gasteiger partial charge in [0, 0.05) is 12.3 Å². The van der Waals surface area contributed by atoms with Crippen molar-refractivity contribution < 1.29 is 4.79 Å². The third kappa shape index (κ3) is 3.85. The summed E-state index contributed by atoms with van der Waals surface area (Å²) in [7, 11) is 0. The Labute approximate surface area is 113 Å². The van der Waals surface area contributed by atoms with Crippen LogP contribution in [0.4, 0.5) is 0 Å². The largest absolute Gasteiger partial charge is 0.392 e. The Hall–Kier alpha value is -0.290. The number of nitrogens with two attached hydrogens (primary N) is 1. The van der Waals surface area contributed by atoms with Gasteiger partial charge in [-0.3, -0.25) is 4.79 Å². The summed E-state index contributed by atoms with van der Waals surface area (Å²) in [6, 6.07) is 0. The zero-order valence-electron chi connectivity index (χ0n) is 10.5. The second-order valence-corrected chi connectivity index (χ2v) is 6.03. The number of thioether (sulfide) groups is 1. The third-order valence-corrected chi connectivity index (χ3v) is 4.46. The molecule has 1 rings (SSSR count). The van der Waals surface area contributed by atoms with Crippen molar-refractivity contribution in [2.24, 2.45) is 11.1 Å². The number of thiocarbonyl (C=S) groups is 1. The summed E-state index contributed by atoms with van der Waals surface area (Å²) in [4.78, 5) is 12.7. The van der Waals surface area contributed by atoms with Crippen LogP contribution in [0.5, 0.6) is 0 Å². The minimum Gasteiger partial charge on any atom is -0.392 e. The fourth-order valence-corrected chi connectivity index (χ4v) is 2.96. The van der Waals surface area contributed by atoms with E-state index in [1.54, 1.807) is 11.8 Å². The van der Waals surface area contributed by atoms with E-state index in [1.807, 2.05) is 6.26 Å². The lowest BCUT2D eigenvalue weighted by Crippen LogP contribution is -2.49. The number of hydrogen-bond acceptors (Lipinski definition) is 3. The fraction of sp³-hybridized carbons (Fsp3) is 0.833. The Morgan fingerprint density at radius 1 is 1.35 bits per heavy atom. The van der Waals surface area contributed by atoms with E-state index >= 15 is 0 Å². The van der Waals surface area contributed by atoms with Crippen molar-refractivity contribution in [1.82, 2.24) is 5.32 Å². The van der Waals surface area contributed by atoms with Crippen LogP contribution in [0.15, 0.2) is 0 Å². The lowest BCUT2D eigenvalue weighted by molar-refractivity contribution is -0.127. The molecule has 0 aromatic carbocycles. The highest BCUT2D eigenvalue weighted by Gasteiger charge is 2.41. The van der Waals surface area contributed by atoms with Crippen molar-refractivity contribution in [3.05, 3.63) is 0 Å². The number of rotatable bonds is 5. The Morgan fingerprint density at radius 3 is 2.41 bits per heavy atom. The molecule has 17 heavy (non-hydrogen) atoms. The van der Waals surface area contributed by atoms with Gasteiger partial charge in [-0.1, -0.05) is 37.9 Å². The average molecular weight is 274 g/mol. The number of amides is 1. The fourth-order valence-electron chi connectivity index (χ4n) is 2.35. The van der Waals surface area contributed by atoms with Gasteiger partial charge in [-0.15, -0.1) is 0 Å². The number of hydrogen-bond donors (Lipinski definition) is 2. The molecule has 5 heteroatoms. The summed E-state index contributed by atoms with van der Waals surface area (Å²) in [6.45, 7) is 0.699. The molecule has 0 unspecified atom stereocenters. The molecule has 1 amide bonds. The van der Waals surface area contributed by atoms with Crippen LogP contribution in [0, 0.1) is 5.41 Å². The van der Waals surface area contributed by atoms with Gasteiger partial charge in [0.1, 0.15) is 0 Å². The molecular formula is C12H22N2OS2. The monoisotopic (exact) mass is 274 g/mol. The van der Waals surface area contributed by atoms with E-state index in [1.165, 1.54) is 12.8 Å². The molecule has 0 heterocycles. The van der Waals surface area contributed by atoms with E-state index in [9.17, 15) is 4.79 Å². The highest BCUT2D eigenvalue weighted by molar-refractivity contribution is 7.98. The molecule has 3 N–H and O–H groups in total. The van der Waals surface area contributed by atoms with Gasteiger partial charge in [0.05, 0.1) is 10.4 Å². The Morgan fingerprint density at radius 2 is 1.94 bits per heavy atom. The molecule has 0 atom stereocenters. The summed E-state index contributed by atoms with van der Waals surface area (Å²) in [5.41, 5.74) is 5.26. The number of nitrogens with one attached hydrogen (secondary N) is 1. The molecule has 0 spiro atoms. The standard InChI is InChI=1S/C12H22N2OS2/c1-17-9-8-14-11(15)12(10(13)16)6-4-2-3-5-7-12/h2-9H2,1H3,(H2,13,16)(H,14,15). The van der Waals surface area contributed by atoms with E-state index in [-0.39, 0.29) is 5.91 Å². The van der Waals surface area contributed by atoms with Crippen LogP contribution in [-0.2, 0) is 4.79 Å². The van der Waals surface area contributed by atoms with Crippen LogP contribution >= 0.6 is 24.0 Å². The quantitative estimate of drug-likeness (QED) is 0.458. The molecule has 0 aromatic heterocycles. The summed E-state index contributed by atoms with van der Waals surface area (Å²) in [5, 5.41) is 2.98. The molecule has 0 saturated heterocycles. The zero-order valence-corrected chi connectivity index (χ0v) is 12.1. The van der Waals surface area contributed by atoms with Gasteiger partial charge in [-0.25, -0.2) is 0 Å². The van der Waals surface area contributed by atoms with Gasteiger partial charge in [0.15, 0.2) is 0 Å². The number of carbonyl (C=O) groups excluding carboxylic acids is 1. The summed E-state index contributed by atoms with van der Waals surface area (Å²) >= 11 is 6.88. The molecule has 1 aliphatic carbocycles. The maximum atomic E-state index is 12.3. The van der Waals surface area contributed by atoms with Gasteiger partial charge < -0.3 is 11.1 Å². The maximum Gasteiger partial charge on any atom is 0.233 e. The van der Waals surface area contributed by atoms with Gasteiger partial charge >= 0.3 is 0 Å². The van der Waals surface area contributed by atoms with Gasteiger partial charge in [-0.2, -0.15) is 11.8 Å². The van der Waals surface area contributed by atoms with Gasteiger partial charge in [-0.05, 0) is 19.1 Å². The SMILES string of the molecule is CSCCNC(=O)C1(C(N)=S)CCCCCC1. The van der Waals surface area contributed by atoms with Gasteiger partial charge in [0.2, 0.25) is 5.91 Å². The van der Waals surface area contributed by atoms with Crippen LogP contribution in [0.1, 0.15) is 38.5 Å². The maximum absolute atomic E-state index is 12.3. The highest BCUT2D eigenvalue weighted by atomic mass is 32.2. The number of carbonyl (C=O) groups is 1. The zero-order chi connectivity index (χ0) is 12.7. The van der Waals surface area contributed by atoms with Crippen molar-refractivity contribution >= 4 is 34.9 Å². The second-order valence-electron chi connectivity index (χ2n) is 4.61. The molecule has 0 aliphatic heterocycles. The van der Waals surface area contributed by atoms with E-state index < -0.39 is 5.41 Å². The van der Waals surface area contributed by atoms with Crippen LogP contribution in [0.25, 0.3) is 0 Å². The Balaban J connectivity index is 2.68. The lowest BCUT2D eigenvalue weighted by Gasteiger charge is -2.30. The van der Waals surface area contributed by atoms with Crippen molar-refractivity contribution in [1.29, 1.82) is 0 Å². The van der Waals surface area contributed by atoms with Crippen molar-refractivity contribution in [2.45, 2.75) is 38.5 Å². The van der Waals surface area contributed by atoms with E-state index in [0.29, 0.717) is 11.5 Å². The molecule has 1 aliphatic rings. The predicted octanol–water partition coefficient (Wildman–Crippen LogP) is 2.09. The minimum absolute atomic E-state index is 0.0425. The smallest absolute Gasteiger partial charge is 0.233 e. The summed E-state index contributed by atoms with van der Waals surface area (Å²) < 4.78 is 0. The first kappa shape index (κ1) is 14.8. The lowest BCUT2D eigenvalue weighted by atomic mass is 9.79. The first-order valence-electron chi connectivity index (χ1n) is 6.20. The predicted molar refractivity (Wildman–Crippen MR) is 78.3 cm³/mol. The molecule has 3 nitrogen and oxygen atoms in total. The molecule has 0 aromatic rings. The van der Waals surface area contributed by atoms with Crippen molar-refractivity contribution in [2.75, 3.05) is 18.6 Å². The summed E-state index contributed by atoms with van der Waals surface area (Å²) in [6.07, 6.45) is 8.12. The first-order chi connectivity index (χ1) is 8.13. The molecule has 98 valence electrons. The topological polar surface area (TPSA) is 55.1 Å². The van der Waals surface area contributed by atoms with Crippen LogP contribution in [-0.4, -0.2) is 29.4 Å². The van der Waals surface area contributed by atoms with E-state index in [0.717, 1.165) is 31.4 Å². The highest BCUT2D eigenvalue weighted by Crippen LogP contribution is 2.35. The van der Waals surface area contributed by atoms with Gasteiger partial charge in [0.25, 0.3) is 0 Å². The van der Waals surface area contributed by atoms with Crippen LogP contribution in [0.3, 0.4) is 0 Å². The second kappa shape index (κ2) is 7.21. The normalized spacial score (nSPS) is 19.4. The van der Waals surface area contributed by atoms with E-state index in [2.05, 4.69) is 5.32 Å². The first-order valence-corrected chi connectivity index (χ1v) is 8.01. The summed E-state index contributed by atoms with van der Waals surface area (Å²) in [5.74, 6) is 0.972. The molecule has 0 radical (unpaired) electrons. The molecule has 1 saturated carbocycles. The van der Waals surface area contributed by atoms with Crippen molar-refractivity contribution in [3.8, 4) is 0 Å². The Bertz CT molecular complexity index is 274. The Kier molecular flexibility index (Phi) is 6.27. The molecule has 0 bridgehead atoms. The molecule has 1 fully saturated rings. The van der Waals surface area contributed by atoms with Crippen LogP contribution < -0.4 is 11.1 Å².